The molecule has 5 heteroatoms. The second-order valence-corrected chi connectivity index (χ2v) is 5.95. The Hall–Kier alpha value is -1.71. The summed E-state index contributed by atoms with van der Waals surface area (Å²) in [5.74, 6) is 0.446. The minimum absolute atomic E-state index is 0.0897. The number of amides is 1. The quantitative estimate of drug-likeness (QED) is 0.858. The minimum Gasteiger partial charge on any atom is -0.483 e. The van der Waals surface area contributed by atoms with Crippen LogP contribution in [0.3, 0.4) is 0 Å². The van der Waals surface area contributed by atoms with Gasteiger partial charge in [0.05, 0.1) is 15.7 Å². The summed E-state index contributed by atoms with van der Waals surface area (Å²) in [6.07, 6.45) is 0. The first-order valence-corrected chi connectivity index (χ1v) is 7.58. The van der Waals surface area contributed by atoms with Crippen LogP contribution in [0, 0.1) is 20.8 Å². The number of hydrogen-bond acceptors (Lipinski definition) is 2. The van der Waals surface area contributed by atoms with Crippen molar-refractivity contribution in [3.05, 3.63) is 57.1 Å². The van der Waals surface area contributed by atoms with Crippen LogP contribution in [-0.2, 0) is 4.79 Å². The molecule has 3 nitrogen and oxygen atoms in total. The van der Waals surface area contributed by atoms with Crippen molar-refractivity contribution in [2.24, 2.45) is 0 Å². The maximum Gasteiger partial charge on any atom is 0.262 e. The summed E-state index contributed by atoms with van der Waals surface area (Å²) in [7, 11) is 0. The molecule has 1 N–H and O–H groups in total. The molecule has 0 atom stereocenters. The van der Waals surface area contributed by atoms with E-state index in [9.17, 15) is 4.79 Å². The lowest BCUT2D eigenvalue weighted by molar-refractivity contribution is -0.118. The van der Waals surface area contributed by atoms with Gasteiger partial charge in [-0.3, -0.25) is 4.79 Å². The van der Waals surface area contributed by atoms with E-state index in [2.05, 4.69) is 5.32 Å². The van der Waals surface area contributed by atoms with E-state index < -0.39 is 0 Å². The monoisotopic (exact) mass is 337 g/mol. The lowest BCUT2D eigenvalue weighted by Crippen LogP contribution is -2.21. The fraction of sp³-hybridized carbons (Fsp3) is 0.235. The van der Waals surface area contributed by atoms with Gasteiger partial charge in [-0.1, -0.05) is 47.0 Å². The maximum atomic E-state index is 12.0. The fourth-order valence-electron chi connectivity index (χ4n) is 2.32. The second-order valence-electron chi connectivity index (χ2n) is 5.17. The Morgan fingerprint density at radius 2 is 1.77 bits per heavy atom. The first-order chi connectivity index (χ1) is 10.4. The molecule has 2 rings (SSSR count). The van der Waals surface area contributed by atoms with E-state index in [1.54, 1.807) is 18.2 Å². The van der Waals surface area contributed by atoms with E-state index >= 15 is 0 Å². The van der Waals surface area contributed by atoms with Crippen LogP contribution in [-0.4, -0.2) is 12.5 Å². The molecule has 0 heterocycles. The van der Waals surface area contributed by atoms with Gasteiger partial charge in [0.2, 0.25) is 0 Å². The van der Waals surface area contributed by atoms with Crippen molar-refractivity contribution in [2.45, 2.75) is 20.8 Å². The lowest BCUT2D eigenvalue weighted by Gasteiger charge is -2.13. The molecular weight excluding hydrogens is 321 g/mol. The summed E-state index contributed by atoms with van der Waals surface area (Å²) in [4.78, 5) is 12.0. The molecule has 2 aromatic carbocycles. The van der Waals surface area contributed by atoms with Gasteiger partial charge in [-0.05, 0) is 44.0 Å². The predicted molar refractivity (Wildman–Crippen MR) is 91.2 cm³/mol. The first-order valence-electron chi connectivity index (χ1n) is 6.83. The minimum atomic E-state index is -0.288. The Labute approximate surface area is 140 Å². The van der Waals surface area contributed by atoms with Gasteiger partial charge in [-0.2, -0.15) is 0 Å². The third-order valence-corrected chi connectivity index (χ3v) is 4.00. The number of carbonyl (C=O) groups excluding carboxylic acids is 1. The molecule has 0 spiro atoms. The zero-order valence-corrected chi connectivity index (χ0v) is 14.2. The molecule has 0 aliphatic heterocycles. The normalized spacial score (nSPS) is 10.4. The Morgan fingerprint density at radius 3 is 2.41 bits per heavy atom. The summed E-state index contributed by atoms with van der Waals surface area (Å²) in [6.45, 7) is 5.85. The second kappa shape index (κ2) is 7.03. The first kappa shape index (κ1) is 16.7. The number of aryl methyl sites for hydroxylation is 3. The molecule has 0 fully saturated rings. The molecule has 0 aliphatic rings. The van der Waals surface area contributed by atoms with Gasteiger partial charge in [-0.15, -0.1) is 0 Å². The van der Waals surface area contributed by atoms with Crippen molar-refractivity contribution in [2.75, 3.05) is 11.9 Å². The average Bonchev–Trinajstić information content (AvgIpc) is 2.42. The summed E-state index contributed by atoms with van der Waals surface area (Å²) >= 11 is 11.9. The van der Waals surface area contributed by atoms with Crippen molar-refractivity contribution in [3.8, 4) is 5.75 Å². The summed E-state index contributed by atoms with van der Waals surface area (Å²) in [5.41, 5.74) is 3.65. The Balaban J connectivity index is 2.03. The molecule has 0 unspecified atom stereocenters. The average molecular weight is 338 g/mol. The highest BCUT2D eigenvalue weighted by molar-refractivity contribution is 6.43. The Kier molecular flexibility index (Phi) is 5.33. The van der Waals surface area contributed by atoms with Gasteiger partial charge >= 0.3 is 0 Å². The highest BCUT2D eigenvalue weighted by atomic mass is 35.5. The summed E-state index contributed by atoms with van der Waals surface area (Å²) < 4.78 is 5.64. The molecule has 116 valence electrons. The number of halogens is 2. The van der Waals surface area contributed by atoms with Crippen molar-refractivity contribution >= 4 is 34.8 Å². The van der Waals surface area contributed by atoms with Gasteiger partial charge in [-0.25, -0.2) is 0 Å². The van der Waals surface area contributed by atoms with Gasteiger partial charge in [0, 0.05) is 0 Å². The molecule has 0 radical (unpaired) electrons. The van der Waals surface area contributed by atoms with Gasteiger partial charge in [0.1, 0.15) is 5.75 Å². The fourth-order valence-corrected chi connectivity index (χ4v) is 2.67. The van der Waals surface area contributed by atoms with Crippen LogP contribution >= 0.6 is 23.2 Å². The van der Waals surface area contributed by atoms with E-state index in [4.69, 9.17) is 27.9 Å². The van der Waals surface area contributed by atoms with E-state index in [0.29, 0.717) is 15.7 Å². The van der Waals surface area contributed by atoms with Crippen LogP contribution in [0.1, 0.15) is 16.7 Å². The van der Waals surface area contributed by atoms with Crippen LogP contribution in [0.2, 0.25) is 10.0 Å². The zero-order valence-electron chi connectivity index (χ0n) is 12.7. The number of carbonyl (C=O) groups is 1. The van der Waals surface area contributed by atoms with Crippen molar-refractivity contribution < 1.29 is 9.53 Å². The number of hydrogen-bond donors (Lipinski definition) is 1. The molecule has 0 bridgehead atoms. The number of benzene rings is 2. The zero-order chi connectivity index (χ0) is 16.3. The van der Waals surface area contributed by atoms with Crippen LogP contribution < -0.4 is 10.1 Å². The molecule has 0 saturated heterocycles. The molecule has 0 aliphatic carbocycles. The lowest BCUT2D eigenvalue weighted by atomic mass is 10.1. The third kappa shape index (κ3) is 3.93. The topological polar surface area (TPSA) is 38.3 Å². The van der Waals surface area contributed by atoms with Crippen molar-refractivity contribution in [1.82, 2.24) is 0 Å². The Bertz CT molecular complexity index is 691. The standard InChI is InChI=1S/C17H17Cl2NO2/c1-10-7-11(2)17(12(3)8-10)22-9-15(21)20-14-6-4-5-13(18)16(14)19/h4-8H,9H2,1-3H3,(H,20,21). The molecule has 22 heavy (non-hydrogen) atoms. The van der Waals surface area contributed by atoms with Gasteiger partial charge < -0.3 is 10.1 Å². The largest absolute Gasteiger partial charge is 0.483 e. The number of nitrogens with one attached hydrogen (secondary N) is 1. The highest BCUT2D eigenvalue weighted by Crippen LogP contribution is 2.29. The van der Waals surface area contributed by atoms with Crippen molar-refractivity contribution in [1.29, 1.82) is 0 Å². The predicted octanol–water partition coefficient (Wildman–Crippen LogP) is 4.94. The van der Waals surface area contributed by atoms with Crippen molar-refractivity contribution in [3.63, 3.8) is 0 Å². The number of ether oxygens (including phenoxy) is 1. The van der Waals surface area contributed by atoms with Gasteiger partial charge in [0.15, 0.2) is 6.61 Å². The molecule has 1 amide bonds. The number of anilines is 1. The van der Waals surface area contributed by atoms with E-state index in [-0.39, 0.29) is 12.5 Å². The third-order valence-electron chi connectivity index (χ3n) is 3.18. The highest BCUT2D eigenvalue weighted by Gasteiger charge is 2.11. The molecule has 2 aromatic rings. The number of rotatable bonds is 4. The van der Waals surface area contributed by atoms with E-state index in [0.717, 1.165) is 22.4 Å². The van der Waals surface area contributed by atoms with Crippen LogP contribution in [0.4, 0.5) is 5.69 Å². The molecular formula is C17H17Cl2NO2. The van der Waals surface area contributed by atoms with Crippen LogP contribution in [0.15, 0.2) is 30.3 Å². The molecule has 0 aromatic heterocycles. The summed E-state index contributed by atoms with van der Waals surface area (Å²) in [6, 6.07) is 9.12. The van der Waals surface area contributed by atoms with E-state index in [1.807, 2.05) is 32.9 Å². The maximum absolute atomic E-state index is 12.0. The molecule has 0 saturated carbocycles. The van der Waals surface area contributed by atoms with E-state index in [1.165, 1.54) is 0 Å². The van der Waals surface area contributed by atoms with Gasteiger partial charge in [0.25, 0.3) is 5.91 Å². The summed E-state index contributed by atoms with van der Waals surface area (Å²) in [5, 5.41) is 3.40. The smallest absolute Gasteiger partial charge is 0.262 e. The SMILES string of the molecule is Cc1cc(C)c(OCC(=O)Nc2cccc(Cl)c2Cl)c(C)c1. The van der Waals surface area contributed by atoms with Crippen LogP contribution in [0.5, 0.6) is 5.75 Å². The van der Waals surface area contributed by atoms with Crippen LogP contribution in [0.25, 0.3) is 0 Å². The Morgan fingerprint density at radius 1 is 1.14 bits per heavy atom.